The number of ether oxygens (including phenoxy) is 1. The number of nitrogens with zero attached hydrogens (tertiary/aromatic N) is 5. The minimum Gasteiger partial charge on any atom is -0.484 e. The third kappa shape index (κ3) is 7.06. The summed E-state index contributed by atoms with van der Waals surface area (Å²) in [6.07, 6.45) is 5.88. The van der Waals surface area contributed by atoms with Crippen molar-refractivity contribution in [3.8, 4) is 5.75 Å². The number of anilines is 2. The molecular weight excluding hydrogens is 514 g/mol. The molecule has 3 aromatic rings. The molecule has 5 rings (SSSR count). The predicted octanol–water partition coefficient (Wildman–Crippen LogP) is 4.74. The number of piperidine rings is 1. The molecule has 2 aliphatic rings. The molecule has 0 N–H and O–H groups in total. The molecule has 0 saturated carbocycles. The van der Waals surface area contributed by atoms with Gasteiger partial charge in [0.15, 0.2) is 6.61 Å². The van der Waals surface area contributed by atoms with Crippen molar-refractivity contribution in [2.75, 3.05) is 43.6 Å². The van der Waals surface area contributed by atoms with Crippen LogP contribution in [-0.2, 0) is 22.7 Å². The first-order valence-electron chi connectivity index (χ1n) is 14.6. The van der Waals surface area contributed by atoms with Crippen LogP contribution in [-0.4, -0.2) is 72.5 Å². The molecule has 3 heterocycles. The maximum absolute atomic E-state index is 13.9. The summed E-state index contributed by atoms with van der Waals surface area (Å²) in [7, 11) is 3.96. The van der Waals surface area contributed by atoms with Crippen LogP contribution in [0.1, 0.15) is 43.9 Å². The standard InChI is InChI=1S/C33H41N5O3/c1-25(39)37-19-17-28-12-8-14-30(38(28)22-27-11-6-7-18-34-27)23-36(21-26-10-4-5-16-32(26)37)33(40)24-41-31-15-9-13-29(20-31)35(2)3/h4-7,9-11,13,15-16,18,20,28,30H,8,12,14,17,19,21-24H2,1-3H3. The normalized spacial score (nSPS) is 19.6. The molecular formula is C33H41N5O3. The Morgan fingerprint density at radius 1 is 0.976 bits per heavy atom. The zero-order valence-electron chi connectivity index (χ0n) is 24.4. The molecule has 1 aromatic heterocycles. The van der Waals surface area contributed by atoms with Crippen LogP contribution in [0.2, 0.25) is 0 Å². The van der Waals surface area contributed by atoms with E-state index in [0.717, 1.165) is 54.9 Å². The minimum absolute atomic E-state index is 0.0160. The van der Waals surface area contributed by atoms with Crippen LogP contribution in [0.4, 0.5) is 11.4 Å². The van der Waals surface area contributed by atoms with Crippen LogP contribution < -0.4 is 14.5 Å². The summed E-state index contributed by atoms with van der Waals surface area (Å²) < 4.78 is 6.03. The van der Waals surface area contributed by atoms with Gasteiger partial charge in [0.1, 0.15) is 5.75 Å². The van der Waals surface area contributed by atoms with Gasteiger partial charge in [-0.25, -0.2) is 0 Å². The van der Waals surface area contributed by atoms with Gasteiger partial charge in [-0.15, -0.1) is 0 Å². The summed E-state index contributed by atoms with van der Waals surface area (Å²) in [6, 6.07) is 22.3. The number of para-hydroxylation sites is 1. The molecule has 1 saturated heterocycles. The van der Waals surface area contributed by atoms with Crippen molar-refractivity contribution in [1.82, 2.24) is 14.8 Å². The van der Waals surface area contributed by atoms with Crippen molar-refractivity contribution >= 4 is 23.2 Å². The molecule has 8 nitrogen and oxygen atoms in total. The summed E-state index contributed by atoms with van der Waals surface area (Å²) in [5, 5.41) is 0. The lowest BCUT2D eigenvalue weighted by molar-refractivity contribution is -0.135. The Labute approximate surface area is 243 Å². The molecule has 2 aliphatic heterocycles. The highest BCUT2D eigenvalue weighted by Gasteiger charge is 2.35. The van der Waals surface area contributed by atoms with Gasteiger partial charge in [-0.05, 0) is 55.2 Å². The number of aromatic nitrogens is 1. The Morgan fingerprint density at radius 3 is 2.56 bits per heavy atom. The van der Waals surface area contributed by atoms with Gasteiger partial charge in [-0.3, -0.25) is 19.5 Å². The van der Waals surface area contributed by atoms with Crippen molar-refractivity contribution in [3.05, 3.63) is 84.2 Å². The van der Waals surface area contributed by atoms with E-state index < -0.39 is 0 Å². The average Bonchev–Trinajstić information content (AvgIpc) is 2.99. The van der Waals surface area contributed by atoms with Crippen molar-refractivity contribution < 1.29 is 14.3 Å². The minimum atomic E-state index is -0.0661. The Bertz CT molecular complexity index is 1330. The van der Waals surface area contributed by atoms with Gasteiger partial charge in [0.25, 0.3) is 5.91 Å². The van der Waals surface area contributed by atoms with Gasteiger partial charge in [-0.1, -0.05) is 36.8 Å². The SMILES string of the molecule is CC(=O)N1CCC2CCCC(CN(C(=O)COc3cccc(N(C)C)c3)Cc3ccccc31)N2Cc1ccccn1. The zero-order valence-corrected chi connectivity index (χ0v) is 24.4. The number of fused-ring (bicyclic) bond motifs is 3. The van der Waals surface area contributed by atoms with Crippen molar-refractivity contribution in [1.29, 1.82) is 0 Å². The van der Waals surface area contributed by atoms with Crippen LogP contribution in [0.25, 0.3) is 0 Å². The summed E-state index contributed by atoms with van der Waals surface area (Å²) >= 11 is 0. The van der Waals surface area contributed by atoms with Crippen LogP contribution in [0.15, 0.2) is 72.9 Å². The number of carbonyl (C=O) groups excluding carboxylic acids is 2. The van der Waals surface area contributed by atoms with E-state index in [1.165, 1.54) is 0 Å². The Kier molecular flexibility index (Phi) is 9.19. The van der Waals surface area contributed by atoms with Gasteiger partial charge in [0, 0.05) is 82.9 Å². The molecule has 2 unspecified atom stereocenters. The Hall–Kier alpha value is -3.91. The van der Waals surface area contributed by atoms with E-state index in [0.29, 0.717) is 31.4 Å². The number of amides is 2. The predicted molar refractivity (Wildman–Crippen MR) is 162 cm³/mol. The van der Waals surface area contributed by atoms with E-state index in [1.54, 1.807) is 6.92 Å². The third-order valence-electron chi connectivity index (χ3n) is 8.27. The zero-order chi connectivity index (χ0) is 28.8. The maximum atomic E-state index is 13.9. The number of hydrogen-bond donors (Lipinski definition) is 0. The van der Waals surface area contributed by atoms with E-state index in [4.69, 9.17) is 4.74 Å². The fourth-order valence-electron chi connectivity index (χ4n) is 6.10. The van der Waals surface area contributed by atoms with E-state index in [1.807, 2.05) is 95.7 Å². The molecule has 8 heteroatoms. The number of carbonyl (C=O) groups is 2. The number of benzene rings is 2. The second-order valence-corrected chi connectivity index (χ2v) is 11.3. The third-order valence-corrected chi connectivity index (χ3v) is 8.27. The Morgan fingerprint density at radius 2 is 1.78 bits per heavy atom. The van der Waals surface area contributed by atoms with Crippen molar-refractivity contribution in [2.45, 2.75) is 57.8 Å². The fraction of sp³-hybridized carbons (Fsp3) is 0.424. The highest BCUT2D eigenvalue weighted by atomic mass is 16.5. The molecule has 0 radical (unpaired) electrons. The van der Waals surface area contributed by atoms with Crippen molar-refractivity contribution in [2.24, 2.45) is 0 Å². The first-order valence-corrected chi connectivity index (χ1v) is 14.6. The second kappa shape index (κ2) is 13.2. The molecule has 0 aliphatic carbocycles. The highest BCUT2D eigenvalue weighted by molar-refractivity contribution is 5.92. The number of rotatable bonds is 6. The van der Waals surface area contributed by atoms with E-state index in [2.05, 4.69) is 16.0 Å². The van der Waals surface area contributed by atoms with Gasteiger partial charge >= 0.3 is 0 Å². The number of pyridine rings is 1. The smallest absolute Gasteiger partial charge is 0.260 e. The van der Waals surface area contributed by atoms with Gasteiger partial charge in [0.2, 0.25) is 5.91 Å². The van der Waals surface area contributed by atoms with Crippen LogP contribution in [0.3, 0.4) is 0 Å². The summed E-state index contributed by atoms with van der Waals surface area (Å²) in [5.74, 6) is 0.617. The van der Waals surface area contributed by atoms with Crippen LogP contribution >= 0.6 is 0 Å². The van der Waals surface area contributed by atoms with Crippen LogP contribution in [0.5, 0.6) is 5.75 Å². The molecule has 41 heavy (non-hydrogen) atoms. The Balaban J connectivity index is 1.45. The molecule has 2 amide bonds. The first kappa shape index (κ1) is 28.6. The van der Waals surface area contributed by atoms with Crippen molar-refractivity contribution in [3.63, 3.8) is 0 Å². The molecule has 0 spiro atoms. The lowest BCUT2D eigenvalue weighted by Crippen LogP contribution is -2.52. The van der Waals surface area contributed by atoms with Crippen LogP contribution in [0, 0.1) is 0 Å². The first-order chi connectivity index (χ1) is 19.9. The lowest BCUT2D eigenvalue weighted by Gasteiger charge is -2.44. The monoisotopic (exact) mass is 555 g/mol. The largest absolute Gasteiger partial charge is 0.484 e. The average molecular weight is 556 g/mol. The molecule has 2 bridgehead atoms. The summed E-state index contributed by atoms with van der Waals surface area (Å²) in [4.78, 5) is 39.7. The van der Waals surface area contributed by atoms with Gasteiger partial charge in [0.05, 0.1) is 5.69 Å². The summed E-state index contributed by atoms with van der Waals surface area (Å²) in [5.41, 5.74) is 3.89. The fourth-order valence-corrected chi connectivity index (χ4v) is 6.10. The highest BCUT2D eigenvalue weighted by Crippen LogP contribution is 2.31. The molecule has 216 valence electrons. The molecule has 2 aromatic carbocycles. The summed E-state index contributed by atoms with van der Waals surface area (Å²) in [6.45, 7) is 3.95. The lowest BCUT2D eigenvalue weighted by atomic mass is 9.92. The van der Waals surface area contributed by atoms with E-state index >= 15 is 0 Å². The second-order valence-electron chi connectivity index (χ2n) is 11.3. The maximum Gasteiger partial charge on any atom is 0.260 e. The van der Waals surface area contributed by atoms with E-state index in [-0.39, 0.29) is 24.5 Å². The topological polar surface area (TPSA) is 69.2 Å². The van der Waals surface area contributed by atoms with Gasteiger partial charge in [-0.2, -0.15) is 0 Å². The van der Waals surface area contributed by atoms with E-state index in [9.17, 15) is 9.59 Å². The molecule has 2 atom stereocenters. The number of hydrogen-bond acceptors (Lipinski definition) is 6. The quantitative estimate of drug-likeness (QED) is 0.438. The molecule has 1 fully saturated rings. The van der Waals surface area contributed by atoms with Gasteiger partial charge < -0.3 is 19.4 Å².